The van der Waals surface area contributed by atoms with E-state index in [1.54, 1.807) is 0 Å². The van der Waals surface area contributed by atoms with Crippen molar-refractivity contribution in [3.05, 3.63) is 96.2 Å². The van der Waals surface area contributed by atoms with Crippen LogP contribution in [0.1, 0.15) is 23.7 Å². The molecule has 0 unspecified atom stereocenters. The van der Waals surface area contributed by atoms with Crippen molar-refractivity contribution in [2.45, 2.75) is 26.1 Å². The highest BCUT2D eigenvalue weighted by Gasteiger charge is 2.13. The first-order valence-corrected chi connectivity index (χ1v) is 10.5. The molecule has 4 aromatic rings. The van der Waals surface area contributed by atoms with Gasteiger partial charge < -0.3 is 19.9 Å². The first-order valence-electron chi connectivity index (χ1n) is 10.5. The monoisotopic (exact) mass is 421 g/mol. The summed E-state index contributed by atoms with van der Waals surface area (Å²) in [6, 6.07) is 20.0. The van der Waals surface area contributed by atoms with Crippen LogP contribution in [0.25, 0.3) is 10.8 Å². The summed E-state index contributed by atoms with van der Waals surface area (Å²) in [6.45, 7) is 7.62. The number of imidazole rings is 1. The average molecular weight is 422 g/mol. The van der Waals surface area contributed by atoms with Gasteiger partial charge in [0.1, 0.15) is 17.6 Å². The molecule has 6 nitrogen and oxygen atoms in total. The molecule has 0 fully saturated rings. The maximum Gasteiger partial charge on any atom is 0.145 e. The molecule has 4 bridgehead atoms. The Bertz CT molecular complexity index is 1360. The summed E-state index contributed by atoms with van der Waals surface area (Å²) in [5.41, 5.74) is 4.43. The molecule has 0 amide bonds. The van der Waals surface area contributed by atoms with Gasteiger partial charge in [0, 0.05) is 42.1 Å². The lowest BCUT2D eigenvalue weighted by molar-refractivity contribution is 0.480. The van der Waals surface area contributed by atoms with E-state index < -0.39 is 0 Å². The van der Waals surface area contributed by atoms with E-state index in [1.165, 1.54) is 0 Å². The molecule has 3 aromatic carbocycles. The van der Waals surface area contributed by atoms with Gasteiger partial charge in [-0.3, -0.25) is 0 Å². The first-order chi connectivity index (χ1) is 15.6. The molecule has 1 aromatic heterocycles. The quantitative estimate of drug-likeness (QED) is 0.410. The highest BCUT2D eigenvalue weighted by atomic mass is 16.5. The van der Waals surface area contributed by atoms with E-state index in [-0.39, 0.29) is 6.04 Å². The predicted octanol–water partition coefficient (Wildman–Crippen LogP) is 5.17. The molecule has 0 aliphatic carbocycles. The van der Waals surface area contributed by atoms with E-state index >= 15 is 0 Å². The van der Waals surface area contributed by atoms with Crippen molar-refractivity contribution in [2.24, 2.45) is 0 Å². The zero-order valence-electron chi connectivity index (χ0n) is 17.8. The van der Waals surface area contributed by atoms with Gasteiger partial charge in [0.15, 0.2) is 0 Å². The lowest BCUT2D eigenvalue weighted by Gasteiger charge is -2.20. The minimum atomic E-state index is 0.0439. The molecule has 0 saturated heterocycles. The molecule has 0 saturated carbocycles. The van der Waals surface area contributed by atoms with Crippen LogP contribution in [0.3, 0.4) is 0 Å². The number of fused-ring (bicyclic) bond motifs is 4. The van der Waals surface area contributed by atoms with Crippen LogP contribution in [-0.2, 0) is 13.1 Å². The van der Waals surface area contributed by atoms with Crippen molar-refractivity contribution >= 4 is 16.5 Å². The van der Waals surface area contributed by atoms with Gasteiger partial charge in [0.2, 0.25) is 0 Å². The molecule has 2 N–H and O–H groups in total. The van der Waals surface area contributed by atoms with Gasteiger partial charge in [-0.25, -0.2) is 4.98 Å². The number of hydrogen-bond donors (Lipinski definition) is 2. The van der Waals surface area contributed by atoms with Gasteiger partial charge in [-0.05, 0) is 48.2 Å². The highest BCUT2D eigenvalue weighted by Crippen LogP contribution is 2.32. The summed E-state index contributed by atoms with van der Waals surface area (Å²) >= 11 is 0. The summed E-state index contributed by atoms with van der Waals surface area (Å²) in [6.07, 6.45) is 3.69. The largest absolute Gasteiger partial charge is 0.456 e. The Morgan fingerprint density at radius 2 is 2.09 bits per heavy atom. The summed E-state index contributed by atoms with van der Waals surface area (Å²) < 4.78 is 8.30. The fraction of sp³-hybridized carbons (Fsp3) is 0.154. The Morgan fingerprint density at radius 3 is 2.97 bits per heavy atom. The molecule has 158 valence electrons. The molecule has 5 rings (SSSR count). The van der Waals surface area contributed by atoms with Crippen molar-refractivity contribution in [3.63, 3.8) is 0 Å². The molecule has 2 heterocycles. The van der Waals surface area contributed by atoms with E-state index in [4.69, 9.17) is 4.74 Å². The summed E-state index contributed by atoms with van der Waals surface area (Å²) in [5.74, 6) is 1.22. The molecule has 1 atom stereocenters. The van der Waals surface area contributed by atoms with Gasteiger partial charge in [-0.1, -0.05) is 30.8 Å². The number of rotatable bonds is 0. The van der Waals surface area contributed by atoms with Crippen molar-refractivity contribution in [2.75, 3.05) is 5.32 Å². The number of benzene rings is 3. The average Bonchev–Trinajstić information content (AvgIpc) is 3.24. The third kappa shape index (κ3) is 3.82. The van der Waals surface area contributed by atoms with Crippen LogP contribution in [0.4, 0.5) is 5.69 Å². The van der Waals surface area contributed by atoms with Crippen molar-refractivity contribution in [1.82, 2.24) is 14.9 Å². The van der Waals surface area contributed by atoms with Crippen molar-refractivity contribution in [1.29, 1.82) is 5.26 Å². The number of nitriles is 1. The maximum absolute atomic E-state index is 9.60. The Balaban J connectivity index is 1.63. The van der Waals surface area contributed by atoms with E-state index in [9.17, 15) is 5.26 Å². The van der Waals surface area contributed by atoms with E-state index in [0.29, 0.717) is 30.2 Å². The minimum Gasteiger partial charge on any atom is -0.456 e. The van der Waals surface area contributed by atoms with Gasteiger partial charge in [0.25, 0.3) is 0 Å². The summed E-state index contributed by atoms with van der Waals surface area (Å²) in [5, 5.41) is 18.7. The normalized spacial score (nSPS) is 16.1. The van der Waals surface area contributed by atoms with E-state index in [1.807, 2.05) is 61.1 Å². The smallest absolute Gasteiger partial charge is 0.145 e. The standard InChI is InChI=1S/C26H23N5O/c1-17-18(2)30-25-5-3-4-20-8-9-23(11-24(20)25)32-26-10-19(6-7-21(26)12-27)15-31-16-28-13-22(31)14-29-17/h3-11,13,16-17,29-30H,2,14-15H2,1H3/t17-/m1/s1. The number of nitrogens with zero attached hydrogens (tertiary/aromatic N) is 3. The summed E-state index contributed by atoms with van der Waals surface area (Å²) in [4.78, 5) is 4.32. The van der Waals surface area contributed by atoms with Gasteiger partial charge in [-0.2, -0.15) is 5.26 Å². The Labute approximate surface area is 186 Å². The van der Waals surface area contributed by atoms with Crippen LogP contribution in [0.5, 0.6) is 11.5 Å². The highest BCUT2D eigenvalue weighted by molar-refractivity contribution is 5.95. The molecule has 1 aliphatic rings. The number of nitrogens with one attached hydrogen (secondary N) is 2. The second kappa shape index (κ2) is 8.22. The SMILES string of the molecule is C=C1Nc2cccc3ccc(cc23)Oc2cc(ccc2C#N)Cn2cncc2CN[C@@H]1C. The number of aromatic nitrogens is 2. The third-order valence-corrected chi connectivity index (χ3v) is 5.81. The van der Waals surface area contributed by atoms with E-state index in [0.717, 1.165) is 33.4 Å². The molecule has 0 spiro atoms. The van der Waals surface area contributed by atoms with Crippen LogP contribution in [-0.4, -0.2) is 15.6 Å². The predicted molar refractivity (Wildman–Crippen MR) is 126 cm³/mol. The number of anilines is 1. The fourth-order valence-corrected chi connectivity index (χ4v) is 3.89. The molecule has 1 aliphatic heterocycles. The Morgan fingerprint density at radius 1 is 1.19 bits per heavy atom. The van der Waals surface area contributed by atoms with Gasteiger partial charge in [0.05, 0.1) is 17.6 Å². The van der Waals surface area contributed by atoms with Crippen LogP contribution in [0.2, 0.25) is 0 Å². The number of hydrogen-bond acceptors (Lipinski definition) is 5. The van der Waals surface area contributed by atoms with Crippen LogP contribution >= 0.6 is 0 Å². The zero-order chi connectivity index (χ0) is 22.1. The maximum atomic E-state index is 9.60. The van der Waals surface area contributed by atoms with Crippen molar-refractivity contribution in [3.8, 4) is 17.6 Å². The number of ether oxygens (including phenoxy) is 1. The van der Waals surface area contributed by atoms with Gasteiger partial charge in [-0.15, -0.1) is 0 Å². The molecule has 6 heteroatoms. The second-order valence-corrected chi connectivity index (χ2v) is 8.00. The lowest BCUT2D eigenvalue weighted by Crippen LogP contribution is -2.30. The van der Waals surface area contributed by atoms with E-state index in [2.05, 4.69) is 45.8 Å². The Hall–Kier alpha value is -4.08. The van der Waals surface area contributed by atoms with Gasteiger partial charge >= 0.3 is 0 Å². The summed E-state index contributed by atoms with van der Waals surface area (Å²) in [7, 11) is 0. The van der Waals surface area contributed by atoms with Crippen LogP contribution in [0, 0.1) is 11.3 Å². The molecular weight excluding hydrogens is 398 g/mol. The topological polar surface area (TPSA) is 74.9 Å². The third-order valence-electron chi connectivity index (χ3n) is 5.81. The lowest BCUT2D eigenvalue weighted by atomic mass is 10.1. The van der Waals surface area contributed by atoms with Crippen LogP contribution < -0.4 is 15.4 Å². The molecular formula is C26H23N5O. The second-order valence-electron chi connectivity index (χ2n) is 8.00. The van der Waals surface area contributed by atoms with Crippen molar-refractivity contribution < 1.29 is 4.74 Å². The molecule has 32 heavy (non-hydrogen) atoms. The minimum absolute atomic E-state index is 0.0439. The Kier molecular flexibility index (Phi) is 5.10. The zero-order valence-corrected chi connectivity index (χ0v) is 17.8. The molecule has 0 radical (unpaired) electrons. The first kappa shape index (κ1) is 19.9. The van der Waals surface area contributed by atoms with Crippen LogP contribution in [0.15, 0.2) is 79.4 Å². The fourth-order valence-electron chi connectivity index (χ4n) is 3.89.